The van der Waals surface area contributed by atoms with Gasteiger partial charge in [-0.3, -0.25) is 10.1 Å². The van der Waals surface area contributed by atoms with Gasteiger partial charge in [0.1, 0.15) is 6.61 Å². The average Bonchev–Trinajstić information content (AvgIpc) is 3.03. The Labute approximate surface area is 143 Å². The van der Waals surface area contributed by atoms with E-state index < -0.39 is 6.10 Å². The number of carbonyl (C=O) groups excluding carboxylic acids is 1. The zero-order valence-electron chi connectivity index (χ0n) is 13.1. The van der Waals surface area contributed by atoms with Crippen LogP contribution in [0.4, 0.5) is 5.13 Å². The number of amides is 1. The topological polar surface area (TPSA) is 60.5 Å². The maximum Gasteiger partial charge on any atom is 0.270 e. The second kappa shape index (κ2) is 6.13. The van der Waals surface area contributed by atoms with E-state index in [2.05, 4.69) is 23.3 Å². The van der Waals surface area contributed by atoms with Gasteiger partial charge < -0.3 is 9.47 Å². The Bertz CT molecular complexity index is 906. The van der Waals surface area contributed by atoms with Gasteiger partial charge in [0.05, 0.1) is 10.2 Å². The van der Waals surface area contributed by atoms with Gasteiger partial charge in [-0.05, 0) is 30.2 Å². The van der Waals surface area contributed by atoms with Crippen LogP contribution in [0.5, 0.6) is 11.5 Å². The number of fused-ring (bicyclic) bond motifs is 2. The summed E-state index contributed by atoms with van der Waals surface area (Å²) in [6, 6.07) is 13.4. The van der Waals surface area contributed by atoms with Gasteiger partial charge in [-0.25, -0.2) is 4.98 Å². The summed E-state index contributed by atoms with van der Waals surface area (Å²) in [6.07, 6.45) is 0.225. The van der Waals surface area contributed by atoms with E-state index in [0.717, 1.165) is 16.6 Å². The minimum atomic E-state index is -0.683. The highest BCUT2D eigenvalue weighted by Crippen LogP contribution is 2.32. The predicted molar refractivity (Wildman–Crippen MR) is 94.0 cm³/mol. The molecule has 1 atom stereocenters. The summed E-state index contributed by atoms with van der Waals surface area (Å²) in [5.74, 6) is 0.997. The fourth-order valence-electron chi connectivity index (χ4n) is 2.68. The minimum Gasteiger partial charge on any atom is -0.485 e. The van der Waals surface area contributed by atoms with Gasteiger partial charge in [0.25, 0.3) is 5.91 Å². The van der Waals surface area contributed by atoms with Crippen LogP contribution < -0.4 is 14.8 Å². The molecule has 6 heteroatoms. The third kappa shape index (κ3) is 2.69. The number of aryl methyl sites for hydroxylation is 1. The number of para-hydroxylation sites is 3. The fourth-order valence-corrected chi connectivity index (χ4v) is 3.60. The van der Waals surface area contributed by atoms with Crippen molar-refractivity contribution >= 4 is 32.6 Å². The van der Waals surface area contributed by atoms with Crippen LogP contribution in [0.25, 0.3) is 10.2 Å². The molecule has 0 fully saturated rings. The number of benzene rings is 2. The van der Waals surface area contributed by atoms with Crippen molar-refractivity contribution in [1.82, 2.24) is 4.98 Å². The Balaban J connectivity index is 1.53. The van der Waals surface area contributed by atoms with E-state index in [1.807, 2.05) is 30.3 Å². The van der Waals surface area contributed by atoms with E-state index in [-0.39, 0.29) is 12.5 Å². The second-order valence-corrected chi connectivity index (χ2v) is 6.52. The normalized spacial score (nSPS) is 16.1. The van der Waals surface area contributed by atoms with Crippen LogP contribution >= 0.6 is 11.3 Å². The number of carbonyl (C=O) groups is 1. The summed E-state index contributed by atoms with van der Waals surface area (Å²) < 4.78 is 12.4. The van der Waals surface area contributed by atoms with Crippen molar-refractivity contribution < 1.29 is 14.3 Å². The molecule has 122 valence electrons. The molecule has 5 nitrogen and oxygen atoms in total. The monoisotopic (exact) mass is 340 g/mol. The maximum atomic E-state index is 12.5. The van der Waals surface area contributed by atoms with Crippen LogP contribution in [0, 0.1) is 0 Å². The lowest BCUT2D eigenvalue weighted by Crippen LogP contribution is -2.40. The van der Waals surface area contributed by atoms with Crippen LogP contribution in [0.3, 0.4) is 0 Å². The van der Waals surface area contributed by atoms with Gasteiger partial charge in [0, 0.05) is 0 Å². The van der Waals surface area contributed by atoms with E-state index >= 15 is 0 Å². The molecule has 3 aromatic rings. The Hall–Kier alpha value is -2.60. The number of aromatic nitrogens is 1. The average molecular weight is 340 g/mol. The first-order chi connectivity index (χ1) is 11.7. The summed E-state index contributed by atoms with van der Waals surface area (Å²) in [5.41, 5.74) is 2.13. The molecule has 0 unspecified atom stereocenters. The SMILES string of the molecule is CCc1cccc2sc(NC(=O)[C@@H]3COc4ccccc4O3)nc12. The summed E-state index contributed by atoms with van der Waals surface area (Å²) in [6.45, 7) is 2.28. The maximum absolute atomic E-state index is 12.5. The largest absolute Gasteiger partial charge is 0.485 e. The number of nitrogens with zero attached hydrogens (tertiary/aromatic N) is 1. The van der Waals surface area contributed by atoms with Gasteiger partial charge >= 0.3 is 0 Å². The highest BCUT2D eigenvalue weighted by Gasteiger charge is 2.28. The van der Waals surface area contributed by atoms with Gasteiger partial charge in [0.2, 0.25) is 6.10 Å². The van der Waals surface area contributed by atoms with E-state index in [1.54, 1.807) is 6.07 Å². The summed E-state index contributed by atoms with van der Waals surface area (Å²) in [4.78, 5) is 17.0. The lowest BCUT2D eigenvalue weighted by atomic mass is 10.1. The number of ether oxygens (including phenoxy) is 2. The van der Waals surface area contributed by atoms with Crippen LogP contribution in [-0.2, 0) is 11.2 Å². The molecule has 0 spiro atoms. The third-order valence-corrected chi connectivity index (χ3v) is 4.85. The lowest BCUT2D eigenvalue weighted by molar-refractivity contribution is -0.125. The van der Waals surface area contributed by atoms with Crippen molar-refractivity contribution in [2.24, 2.45) is 0 Å². The van der Waals surface area contributed by atoms with E-state index in [4.69, 9.17) is 9.47 Å². The number of anilines is 1. The van der Waals surface area contributed by atoms with Crippen LogP contribution in [0.1, 0.15) is 12.5 Å². The van der Waals surface area contributed by atoms with Crippen molar-refractivity contribution in [2.45, 2.75) is 19.4 Å². The van der Waals surface area contributed by atoms with Gasteiger partial charge in [0.15, 0.2) is 16.6 Å². The Morgan fingerprint density at radius 3 is 2.92 bits per heavy atom. The molecule has 0 bridgehead atoms. The first-order valence-electron chi connectivity index (χ1n) is 7.82. The van der Waals surface area contributed by atoms with Crippen molar-refractivity contribution in [3.05, 3.63) is 48.0 Å². The van der Waals surface area contributed by atoms with Crippen molar-refractivity contribution in [3.8, 4) is 11.5 Å². The summed E-state index contributed by atoms with van der Waals surface area (Å²) in [5, 5.41) is 3.43. The van der Waals surface area contributed by atoms with Crippen molar-refractivity contribution in [3.63, 3.8) is 0 Å². The second-order valence-electron chi connectivity index (χ2n) is 5.49. The lowest BCUT2D eigenvalue weighted by Gasteiger charge is -2.25. The molecular weight excluding hydrogens is 324 g/mol. The number of nitrogens with one attached hydrogen (secondary N) is 1. The Morgan fingerprint density at radius 1 is 1.25 bits per heavy atom. The molecule has 1 aliphatic rings. The standard InChI is InChI=1S/C18H16N2O3S/c1-2-11-6-5-9-15-16(11)19-18(24-15)20-17(21)14-10-22-12-7-3-4-8-13(12)23-14/h3-9,14H,2,10H2,1H3,(H,19,20,21)/t14-/m0/s1. The third-order valence-electron chi connectivity index (χ3n) is 3.91. The number of hydrogen-bond acceptors (Lipinski definition) is 5. The van der Waals surface area contributed by atoms with Gasteiger partial charge in [-0.2, -0.15) is 0 Å². The van der Waals surface area contributed by atoms with Crippen molar-refractivity contribution in [2.75, 3.05) is 11.9 Å². The zero-order valence-corrected chi connectivity index (χ0v) is 13.9. The summed E-state index contributed by atoms with van der Waals surface area (Å²) in [7, 11) is 0. The van der Waals surface area contributed by atoms with Crippen LogP contribution in [-0.4, -0.2) is 23.6 Å². The Kier molecular flexibility index (Phi) is 3.82. The molecule has 0 saturated carbocycles. The van der Waals surface area contributed by atoms with Crippen LogP contribution in [0.2, 0.25) is 0 Å². The molecule has 2 aromatic carbocycles. The first kappa shape index (κ1) is 15.0. The highest BCUT2D eigenvalue weighted by atomic mass is 32.1. The quantitative estimate of drug-likeness (QED) is 0.791. The molecule has 0 radical (unpaired) electrons. The smallest absolute Gasteiger partial charge is 0.270 e. The van der Waals surface area contributed by atoms with Crippen LogP contribution in [0.15, 0.2) is 42.5 Å². The highest BCUT2D eigenvalue weighted by molar-refractivity contribution is 7.22. The molecule has 1 aliphatic heterocycles. The fraction of sp³-hybridized carbons (Fsp3) is 0.222. The van der Waals surface area contributed by atoms with E-state index in [0.29, 0.717) is 16.6 Å². The van der Waals surface area contributed by atoms with Crippen molar-refractivity contribution in [1.29, 1.82) is 0 Å². The minimum absolute atomic E-state index is 0.188. The number of rotatable bonds is 3. The molecule has 4 rings (SSSR count). The molecule has 1 aromatic heterocycles. The molecule has 24 heavy (non-hydrogen) atoms. The molecule has 0 aliphatic carbocycles. The van der Waals surface area contributed by atoms with E-state index in [1.165, 1.54) is 16.9 Å². The van der Waals surface area contributed by atoms with E-state index in [9.17, 15) is 4.79 Å². The zero-order chi connectivity index (χ0) is 16.5. The van der Waals surface area contributed by atoms with Gasteiger partial charge in [-0.1, -0.05) is 42.5 Å². The number of thiazole rings is 1. The van der Waals surface area contributed by atoms with Gasteiger partial charge in [-0.15, -0.1) is 0 Å². The molecule has 0 saturated heterocycles. The molecular formula is C18H16N2O3S. The Morgan fingerprint density at radius 2 is 2.08 bits per heavy atom. The number of hydrogen-bond donors (Lipinski definition) is 1. The molecule has 1 amide bonds. The predicted octanol–water partition coefficient (Wildman–Crippen LogP) is 3.64. The first-order valence-corrected chi connectivity index (χ1v) is 8.64. The molecule has 2 heterocycles. The molecule has 1 N–H and O–H groups in total. The summed E-state index contributed by atoms with van der Waals surface area (Å²) >= 11 is 1.47.